The van der Waals surface area contributed by atoms with E-state index >= 15 is 0 Å². The SMILES string of the molecule is CC[C@@H]1S[C@H](c2ccccc2Cl)N(CCN2CCN(C(=O)C3CC3)CC2)C1=O. The van der Waals surface area contributed by atoms with Crippen LogP contribution in [0.5, 0.6) is 0 Å². The van der Waals surface area contributed by atoms with Crippen LogP contribution in [-0.2, 0) is 9.59 Å². The van der Waals surface area contributed by atoms with Gasteiger partial charge in [0.2, 0.25) is 11.8 Å². The van der Waals surface area contributed by atoms with Crippen LogP contribution in [-0.4, -0.2) is 71.0 Å². The van der Waals surface area contributed by atoms with E-state index in [1.165, 1.54) is 0 Å². The van der Waals surface area contributed by atoms with E-state index in [1.54, 1.807) is 11.8 Å². The molecule has 1 saturated carbocycles. The molecule has 0 N–H and O–H groups in total. The molecule has 4 rings (SSSR count). The Morgan fingerprint density at radius 2 is 1.86 bits per heavy atom. The van der Waals surface area contributed by atoms with Gasteiger partial charge in [0, 0.05) is 55.8 Å². The Bertz CT molecular complexity index is 734. The van der Waals surface area contributed by atoms with Crippen molar-refractivity contribution in [2.75, 3.05) is 39.3 Å². The number of hydrogen-bond acceptors (Lipinski definition) is 4. The average molecular weight is 422 g/mol. The summed E-state index contributed by atoms with van der Waals surface area (Å²) in [7, 11) is 0. The van der Waals surface area contributed by atoms with E-state index in [9.17, 15) is 9.59 Å². The molecule has 3 fully saturated rings. The first-order chi connectivity index (χ1) is 13.6. The smallest absolute Gasteiger partial charge is 0.236 e. The lowest BCUT2D eigenvalue weighted by Gasteiger charge is -2.36. The highest BCUT2D eigenvalue weighted by Crippen LogP contribution is 2.45. The van der Waals surface area contributed by atoms with E-state index in [1.807, 2.05) is 34.1 Å². The molecule has 0 aromatic heterocycles. The molecule has 1 aromatic carbocycles. The molecule has 28 heavy (non-hydrogen) atoms. The zero-order chi connectivity index (χ0) is 19.7. The van der Waals surface area contributed by atoms with Crippen LogP contribution >= 0.6 is 23.4 Å². The van der Waals surface area contributed by atoms with Crippen molar-refractivity contribution in [1.29, 1.82) is 0 Å². The second kappa shape index (κ2) is 8.64. The van der Waals surface area contributed by atoms with Crippen molar-refractivity contribution in [3.63, 3.8) is 0 Å². The summed E-state index contributed by atoms with van der Waals surface area (Å²) in [4.78, 5) is 31.5. The number of benzene rings is 1. The van der Waals surface area contributed by atoms with Crippen molar-refractivity contribution in [3.05, 3.63) is 34.9 Å². The van der Waals surface area contributed by atoms with Gasteiger partial charge in [-0.25, -0.2) is 0 Å². The number of thioether (sulfide) groups is 1. The monoisotopic (exact) mass is 421 g/mol. The van der Waals surface area contributed by atoms with E-state index < -0.39 is 0 Å². The molecule has 0 bridgehead atoms. The first-order valence-electron chi connectivity index (χ1n) is 10.3. The Morgan fingerprint density at radius 3 is 2.50 bits per heavy atom. The van der Waals surface area contributed by atoms with Gasteiger partial charge in [-0.15, -0.1) is 11.8 Å². The Labute approximate surface area is 176 Å². The highest BCUT2D eigenvalue weighted by Gasteiger charge is 2.41. The molecular formula is C21H28ClN3O2S. The van der Waals surface area contributed by atoms with Gasteiger partial charge < -0.3 is 9.80 Å². The second-order valence-corrected chi connectivity index (χ2v) is 9.57. The molecule has 0 unspecified atom stereocenters. The minimum Gasteiger partial charge on any atom is -0.340 e. The standard InChI is InChI=1S/C21H28ClN3O2S/c1-2-18-20(27)25(21(28-18)16-5-3-4-6-17(16)22)14-11-23-9-12-24(13-10-23)19(26)15-7-8-15/h3-6,15,18,21H,2,7-14H2,1H3/t18-,21+/m0/s1. The summed E-state index contributed by atoms with van der Waals surface area (Å²) in [5, 5.41) is 0.722. The van der Waals surface area contributed by atoms with Gasteiger partial charge in [0.1, 0.15) is 5.37 Å². The van der Waals surface area contributed by atoms with Gasteiger partial charge in [0.25, 0.3) is 0 Å². The minimum absolute atomic E-state index is 0.00860. The molecule has 2 saturated heterocycles. The minimum atomic E-state index is -0.0103. The predicted molar refractivity (Wildman–Crippen MR) is 113 cm³/mol. The zero-order valence-electron chi connectivity index (χ0n) is 16.3. The largest absolute Gasteiger partial charge is 0.340 e. The number of rotatable bonds is 6. The highest BCUT2D eigenvalue weighted by molar-refractivity contribution is 8.01. The van der Waals surface area contributed by atoms with Gasteiger partial charge in [-0.05, 0) is 25.3 Å². The maximum atomic E-state index is 12.9. The van der Waals surface area contributed by atoms with E-state index in [-0.39, 0.29) is 16.5 Å². The second-order valence-electron chi connectivity index (χ2n) is 7.88. The molecule has 3 aliphatic rings. The molecule has 0 radical (unpaired) electrons. The number of amides is 2. The topological polar surface area (TPSA) is 43.9 Å². The number of hydrogen-bond donors (Lipinski definition) is 0. The molecule has 5 nitrogen and oxygen atoms in total. The zero-order valence-corrected chi connectivity index (χ0v) is 17.9. The third-order valence-electron chi connectivity index (χ3n) is 5.94. The highest BCUT2D eigenvalue weighted by atomic mass is 35.5. The molecule has 1 aliphatic carbocycles. The summed E-state index contributed by atoms with van der Waals surface area (Å²) in [5.41, 5.74) is 1.03. The van der Waals surface area contributed by atoms with Crippen LogP contribution in [0, 0.1) is 5.92 Å². The van der Waals surface area contributed by atoms with Gasteiger partial charge >= 0.3 is 0 Å². The van der Waals surface area contributed by atoms with Crippen LogP contribution < -0.4 is 0 Å². The number of nitrogens with zero attached hydrogens (tertiary/aromatic N) is 3. The van der Waals surface area contributed by atoms with Crippen molar-refractivity contribution in [2.24, 2.45) is 5.92 Å². The van der Waals surface area contributed by atoms with E-state index in [0.29, 0.717) is 18.4 Å². The lowest BCUT2D eigenvalue weighted by atomic mass is 10.2. The number of halogens is 1. The van der Waals surface area contributed by atoms with Gasteiger partial charge in [-0.2, -0.15) is 0 Å². The van der Waals surface area contributed by atoms with Crippen LogP contribution in [0.2, 0.25) is 5.02 Å². The van der Waals surface area contributed by atoms with Gasteiger partial charge in [0.05, 0.1) is 5.25 Å². The van der Waals surface area contributed by atoms with Crippen molar-refractivity contribution in [3.8, 4) is 0 Å². The third kappa shape index (κ3) is 4.19. The Morgan fingerprint density at radius 1 is 1.14 bits per heavy atom. The van der Waals surface area contributed by atoms with Crippen LogP contribution in [0.3, 0.4) is 0 Å². The molecule has 2 amide bonds. The quantitative estimate of drug-likeness (QED) is 0.707. The maximum absolute atomic E-state index is 12.9. The molecule has 152 valence electrons. The summed E-state index contributed by atoms with van der Waals surface area (Å²) in [6.07, 6.45) is 2.97. The number of carbonyl (C=O) groups is 2. The van der Waals surface area contributed by atoms with E-state index in [2.05, 4.69) is 11.8 Å². The summed E-state index contributed by atoms with van der Waals surface area (Å²) in [6, 6.07) is 7.84. The lowest BCUT2D eigenvalue weighted by molar-refractivity contribution is -0.134. The molecule has 2 atom stereocenters. The lowest BCUT2D eigenvalue weighted by Crippen LogP contribution is -2.51. The first-order valence-corrected chi connectivity index (χ1v) is 11.6. The number of carbonyl (C=O) groups excluding carboxylic acids is 2. The Hall–Kier alpha value is -1.24. The fraction of sp³-hybridized carbons (Fsp3) is 0.619. The summed E-state index contributed by atoms with van der Waals surface area (Å²) >= 11 is 8.15. The van der Waals surface area contributed by atoms with Crippen molar-refractivity contribution >= 4 is 35.2 Å². The average Bonchev–Trinajstić information content (AvgIpc) is 3.51. The molecule has 2 heterocycles. The van der Waals surface area contributed by atoms with Gasteiger partial charge in [0.15, 0.2) is 0 Å². The normalized spacial score (nSPS) is 26.1. The summed E-state index contributed by atoms with van der Waals surface area (Å²) in [6.45, 7) is 7.01. The third-order valence-corrected chi connectivity index (χ3v) is 7.92. The van der Waals surface area contributed by atoms with E-state index in [0.717, 1.165) is 62.6 Å². The first kappa shape index (κ1) is 20.0. The van der Waals surface area contributed by atoms with Crippen molar-refractivity contribution in [2.45, 2.75) is 36.8 Å². The van der Waals surface area contributed by atoms with Crippen LogP contribution in [0.15, 0.2) is 24.3 Å². The summed E-state index contributed by atoms with van der Waals surface area (Å²) in [5.74, 6) is 0.864. The van der Waals surface area contributed by atoms with Crippen LogP contribution in [0.1, 0.15) is 37.1 Å². The molecule has 2 aliphatic heterocycles. The molecular weight excluding hydrogens is 394 g/mol. The predicted octanol–water partition coefficient (Wildman–Crippen LogP) is 3.25. The van der Waals surface area contributed by atoms with Crippen molar-refractivity contribution in [1.82, 2.24) is 14.7 Å². The number of piperazine rings is 1. The fourth-order valence-electron chi connectivity index (χ4n) is 4.03. The summed E-state index contributed by atoms with van der Waals surface area (Å²) < 4.78 is 0. The van der Waals surface area contributed by atoms with Gasteiger partial charge in [-0.1, -0.05) is 36.7 Å². The van der Waals surface area contributed by atoms with E-state index in [4.69, 9.17) is 11.6 Å². The fourth-order valence-corrected chi connectivity index (χ4v) is 5.80. The molecule has 0 spiro atoms. The molecule has 1 aromatic rings. The Balaban J connectivity index is 1.36. The maximum Gasteiger partial charge on any atom is 0.236 e. The van der Waals surface area contributed by atoms with Crippen LogP contribution in [0.25, 0.3) is 0 Å². The van der Waals surface area contributed by atoms with Crippen molar-refractivity contribution < 1.29 is 9.59 Å². The van der Waals surface area contributed by atoms with Gasteiger partial charge in [-0.3, -0.25) is 14.5 Å². The molecule has 7 heteroatoms. The Kier molecular flexibility index (Phi) is 6.18. The van der Waals surface area contributed by atoms with Crippen LogP contribution in [0.4, 0.5) is 0 Å².